The molecule has 108 valence electrons. The molecule has 0 unspecified atom stereocenters. The molecule has 0 saturated carbocycles. The van der Waals surface area contributed by atoms with Gasteiger partial charge in [0.1, 0.15) is 6.04 Å². The Bertz CT molecular complexity index is 519. The van der Waals surface area contributed by atoms with E-state index in [4.69, 9.17) is 19.7 Å². The Labute approximate surface area is 114 Å². The number of benzene rings is 1. The van der Waals surface area contributed by atoms with Crippen LogP contribution in [-0.4, -0.2) is 41.7 Å². The summed E-state index contributed by atoms with van der Waals surface area (Å²) in [5.74, 6) is -0.118. The van der Waals surface area contributed by atoms with Gasteiger partial charge in [0.25, 0.3) is 0 Å². The SMILES string of the molecule is O=C(Nc1ccc2c(c1)OCO2)N[C@@H](CCO)C(=O)O. The summed E-state index contributed by atoms with van der Waals surface area (Å²) in [7, 11) is 0. The van der Waals surface area contributed by atoms with E-state index in [0.717, 1.165) is 0 Å². The summed E-state index contributed by atoms with van der Waals surface area (Å²) in [5, 5.41) is 22.3. The summed E-state index contributed by atoms with van der Waals surface area (Å²) in [5.41, 5.74) is 0.444. The summed E-state index contributed by atoms with van der Waals surface area (Å²) in [6.07, 6.45) is -0.0656. The second-order valence-corrected chi connectivity index (χ2v) is 4.07. The molecule has 0 fully saturated rings. The fraction of sp³-hybridized carbons (Fsp3) is 0.333. The molecule has 0 radical (unpaired) electrons. The van der Waals surface area contributed by atoms with Gasteiger partial charge in [0.2, 0.25) is 6.79 Å². The summed E-state index contributed by atoms with van der Waals surface area (Å²) >= 11 is 0. The van der Waals surface area contributed by atoms with E-state index >= 15 is 0 Å². The van der Waals surface area contributed by atoms with Crippen LogP contribution in [0.3, 0.4) is 0 Å². The van der Waals surface area contributed by atoms with Crippen LogP contribution in [0.1, 0.15) is 6.42 Å². The van der Waals surface area contributed by atoms with Crippen molar-refractivity contribution in [3.63, 3.8) is 0 Å². The molecule has 0 aromatic heterocycles. The number of carbonyl (C=O) groups is 2. The molecular formula is C12H14N2O6. The van der Waals surface area contributed by atoms with Gasteiger partial charge in [-0.25, -0.2) is 9.59 Å². The molecule has 1 aliphatic heterocycles. The van der Waals surface area contributed by atoms with E-state index in [9.17, 15) is 9.59 Å². The fourth-order valence-electron chi connectivity index (χ4n) is 1.69. The molecule has 20 heavy (non-hydrogen) atoms. The monoisotopic (exact) mass is 282 g/mol. The number of amides is 2. The van der Waals surface area contributed by atoms with Gasteiger partial charge in [-0.3, -0.25) is 0 Å². The maximum absolute atomic E-state index is 11.7. The fourth-order valence-corrected chi connectivity index (χ4v) is 1.69. The lowest BCUT2D eigenvalue weighted by Gasteiger charge is -2.14. The van der Waals surface area contributed by atoms with Crippen molar-refractivity contribution in [2.24, 2.45) is 0 Å². The van der Waals surface area contributed by atoms with Crippen molar-refractivity contribution < 1.29 is 29.3 Å². The maximum Gasteiger partial charge on any atom is 0.326 e. The van der Waals surface area contributed by atoms with Crippen LogP contribution in [0.2, 0.25) is 0 Å². The van der Waals surface area contributed by atoms with Crippen molar-refractivity contribution in [1.29, 1.82) is 0 Å². The van der Waals surface area contributed by atoms with Crippen molar-refractivity contribution in [2.45, 2.75) is 12.5 Å². The second kappa shape index (κ2) is 6.11. The van der Waals surface area contributed by atoms with Crippen molar-refractivity contribution in [3.8, 4) is 11.5 Å². The predicted octanol–water partition coefficient (Wildman–Crippen LogP) is 0.372. The lowest BCUT2D eigenvalue weighted by Crippen LogP contribution is -2.43. The summed E-state index contributed by atoms with van der Waals surface area (Å²) in [6, 6.07) is 3.00. The third-order valence-electron chi connectivity index (χ3n) is 2.65. The number of anilines is 1. The normalized spacial score (nSPS) is 13.7. The van der Waals surface area contributed by atoms with Gasteiger partial charge in [-0.05, 0) is 12.1 Å². The van der Waals surface area contributed by atoms with Gasteiger partial charge < -0.3 is 30.3 Å². The largest absolute Gasteiger partial charge is 0.480 e. The molecule has 0 bridgehead atoms. The van der Waals surface area contributed by atoms with Gasteiger partial charge in [0.15, 0.2) is 11.5 Å². The van der Waals surface area contributed by atoms with Crippen molar-refractivity contribution >= 4 is 17.7 Å². The van der Waals surface area contributed by atoms with Crippen molar-refractivity contribution in [2.75, 3.05) is 18.7 Å². The number of ether oxygens (including phenoxy) is 2. The van der Waals surface area contributed by atoms with E-state index in [-0.39, 0.29) is 19.8 Å². The molecule has 1 heterocycles. The summed E-state index contributed by atoms with van der Waals surface area (Å²) in [4.78, 5) is 22.5. The van der Waals surface area contributed by atoms with Gasteiger partial charge in [-0.1, -0.05) is 0 Å². The van der Waals surface area contributed by atoms with Crippen LogP contribution in [0.4, 0.5) is 10.5 Å². The van der Waals surface area contributed by atoms with Crippen LogP contribution in [0, 0.1) is 0 Å². The van der Waals surface area contributed by atoms with Crippen molar-refractivity contribution in [1.82, 2.24) is 5.32 Å². The Morgan fingerprint density at radius 1 is 1.30 bits per heavy atom. The molecule has 8 heteroatoms. The molecule has 0 saturated heterocycles. The quantitative estimate of drug-likeness (QED) is 0.620. The first-order chi connectivity index (χ1) is 9.60. The molecule has 0 aliphatic carbocycles. The number of fused-ring (bicyclic) bond motifs is 1. The van der Waals surface area contributed by atoms with E-state index in [1.165, 1.54) is 0 Å². The number of rotatable bonds is 5. The maximum atomic E-state index is 11.7. The number of nitrogens with one attached hydrogen (secondary N) is 2. The Balaban J connectivity index is 1.95. The third kappa shape index (κ3) is 3.29. The zero-order valence-electron chi connectivity index (χ0n) is 10.5. The molecule has 8 nitrogen and oxygen atoms in total. The number of carboxylic acid groups (broad SMARTS) is 1. The van der Waals surface area contributed by atoms with E-state index < -0.39 is 18.0 Å². The molecule has 1 aromatic carbocycles. The topological polar surface area (TPSA) is 117 Å². The number of aliphatic hydroxyl groups is 1. The van der Waals surface area contributed by atoms with Crippen LogP contribution in [-0.2, 0) is 4.79 Å². The first kappa shape index (κ1) is 13.9. The van der Waals surface area contributed by atoms with Gasteiger partial charge in [-0.15, -0.1) is 0 Å². The van der Waals surface area contributed by atoms with Crippen LogP contribution >= 0.6 is 0 Å². The average molecular weight is 282 g/mol. The minimum atomic E-state index is -1.21. The van der Waals surface area contributed by atoms with Gasteiger partial charge in [-0.2, -0.15) is 0 Å². The molecule has 2 rings (SSSR count). The van der Waals surface area contributed by atoms with Crippen LogP contribution in [0.5, 0.6) is 11.5 Å². The Morgan fingerprint density at radius 2 is 2.05 bits per heavy atom. The molecule has 0 spiro atoms. The summed E-state index contributed by atoms with van der Waals surface area (Å²) < 4.78 is 10.3. The average Bonchev–Trinajstić information content (AvgIpc) is 2.85. The van der Waals surface area contributed by atoms with E-state index in [0.29, 0.717) is 17.2 Å². The molecule has 2 amide bonds. The zero-order valence-corrected chi connectivity index (χ0v) is 10.5. The number of urea groups is 1. The van der Waals surface area contributed by atoms with E-state index in [2.05, 4.69) is 10.6 Å². The number of aliphatic hydroxyl groups excluding tert-OH is 1. The molecule has 4 N–H and O–H groups in total. The van der Waals surface area contributed by atoms with Crippen LogP contribution in [0.15, 0.2) is 18.2 Å². The predicted molar refractivity (Wildman–Crippen MR) is 67.8 cm³/mol. The third-order valence-corrected chi connectivity index (χ3v) is 2.65. The standard InChI is InChI=1S/C12H14N2O6/c15-4-3-8(11(16)17)14-12(18)13-7-1-2-9-10(5-7)20-6-19-9/h1-2,5,8,15H,3-4,6H2,(H,16,17)(H2,13,14,18)/t8-/m0/s1. The second-order valence-electron chi connectivity index (χ2n) is 4.07. The molecule has 1 aliphatic rings. The highest BCUT2D eigenvalue weighted by molar-refractivity contribution is 5.92. The Morgan fingerprint density at radius 3 is 2.75 bits per heavy atom. The first-order valence-electron chi connectivity index (χ1n) is 5.91. The number of carbonyl (C=O) groups excluding carboxylic acids is 1. The number of hydrogen-bond acceptors (Lipinski definition) is 5. The minimum absolute atomic E-state index is 0.0656. The van der Waals surface area contributed by atoms with E-state index in [1.54, 1.807) is 18.2 Å². The Hall–Kier alpha value is -2.48. The van der Waals surface area contributed by atoms with Crippen molar-refractivity contribution in [3.05, 3.63) is 18.2 Å². The first-order valence-corrected chi connectivity index (χ1v) is 5.91. The Kier molecular flexibility index (Phi) is 4.26. The van der Waals surface area contributed by atoms with Crippen LogP contribution < -0.4 is 20.1 Å². The highest BCUT2D eigenvalue weighted by Gasteiger charge is 2.20. The minimum Gasteiger partial charge on any atom is -0.480 e. The highest BCUT2D eigenvalue weighted by Crippen LogP contribution is 2.34. The smallest absolute Gasteiger partial charge is 0.326 e. The molecular weight excluding hydrogens is 268 g/mol. The summed E-state index contributed by atoms with van der Waals surface area (Å²) in [6.45, 7) is -0.205. The number of carboxylic acids is 1. The van der Waals surface area contributed by atoms with Gasteiger partial charge in [0, 0.05) is 24.8 Å². The van der Waals surface area contributed by atoms with Gasteiger partial charge in [0.05, 0.1) is 0 Å². The number of aliphatic carboxylic acids is 1. The zero-order chi connectivity index (χ0) is 14.5. The molecule has 1 aromatic rings. The van der Waals surface area contributed by atoms with Gasteiger partial charge >= 0.3 is 12.0 Å². The highest BCUT2D eigenvalue weighted by atomic mass is 16.7. The lowest BCUT2D eigenvalue weighted by molar-refractivity contribution is -0.139. The lowest BCUT2D eigenvalue weighted by atomic mass is 10.2. The van der Waals surface area contributed by atoms with E-state index in [1.807, 2.05) is 0 Å². The number of hydrogen-bond donors (Lipinski definition) is 4. The molecule has 1 atom stereocenters. The van der Waals surface area contributed by atoms with Crippen LogP contribution in [0.25, 0.3) is 0 Å².